The van der Waals surface area contributed by atoms with Gasteiger partial charge in [-0.2, -0.15) is 0 Å². The van der Waals surface area contributed by atoms with Crippen molar-refractivity contribution in [1.29, 1.82) is 0 Å². The van der Waals surface area contributed by atoms with Crippen molar-refractivity contribution in [3.8, 4) is 0 Å². The van der Waals surface area contributed by atoms with Crippen LogP contribution in [0.5, 0.6) is 0 Å². The smallest absolute Gasteiger partial charge is 0.366 e. The summed E-state index contributed by atoms with van der Waals surface area (Å²) >= 11 is 0. The first-order chi connectivity index (χ1) is 12.0. The lowest BCUT2D eigenvalue weighted by Crippen LogP contribution is -2.39. The second-order valence-corrected chi connectivity index (χ2v) is 7.66. The van der Waals surface area contributed by atoms with Gasteiger partial charge < -0.3 is 14.2 Å². The largest absolute Gasteiger partial charge is 0.376 e. The van der Waals surface area contributed by atoms with Crippen LogP contribution in [0.15, 0.2) is 54.6 Å². The molecule has 6 nitrogen and oxygen atoms in total. The number of para-hydroxylation sites is 2. The van der Waals surface area contributed by atoms with Crippen LogP contribution in [-0.2, 0) is 23.7 Å². The zero-order chi connectivity index (χ0) is 18.1. The molecule has 0 saturated heterocycles. The van der Waals surface area contributed by atoms with Gasteiger partial charge in [0.2, 0.25) is 0 Å². The minimum atomic E-state index is -4.16. The number of carbonyl (C=O) groups is 1. The fourth-order valence-electron chi connectivity index (χ4n) is 3.01. The van der Waals surface area contributed by atoms with Gasteiger partial charge in [-0.3, -0.25) is 14.3 Å². The summed E-state index contributed by atoms with van der Waals surface area (Å²) < 4.78 is 24.0. The molecule has 132 valence electrons. The second kappa shape index (κ2) is 6.73. The van der Waals surface area contributed by atoms with Gasteiger partial charge in [-0.1, -0.05) is 36.4 Å². The van der Waals surface area contributed by atoms with Crippen LogP contribution >= 0.6 is 7.60 Å². The fraction of sp³-hybridized carbons (Fsp3) is 0.278. The van der Waals surface area contributed by atoms with E-state index >= 15 is 0 Å². The Balaban J connectivity index is 2.22. The summed E-state index contributed by atoms with van der Waals surface area (Å²) in [6, 6.07) is 15.6. The maximum atomic E-state index is 13.3. The molecule has 1 atom stereocenters. The van der Waals surface area contributed by atoms with Crippen molar-refractivity contribution in [1.82, 2.24) is 0 Å². The Morgan fingerprint density at radius 2 is 1.56 bits per heavy atom. The number of fused-ring (bicyclic) bond motifs is 1. The van der Waals surface area contributed by atoms with E-state index in [1.165, 1.54) is 4.90 Å². The van der Waals surface area contributed by atoms with Crippen molar-refractivity contribution in [2.24, 2.45) is 0 Å². The Hall–Kier alpha value is -1.98. The summed E-state index contributed by atoms with van der Waals surface area (Å²) in [5.41, 5.74) is 1.24. The molecule has 1 heterocycles. The summed E-state index contributed by atoms with van der Waals surface area (Å²) in [4.78, 5) is 14.6. The Kier molecular flexibility index (Phi) is 4.80. The third kappa shape index (κ3) is 2.62. The van der Waals surface area contributed by atoms with Gasteiger partial charge in [0, 0.05) is 11.3 Å². The fourth-order valence-corrected chi connectivity index (χ4v) is 4.95. The first-order valence-electron chi connectivity index (χ1n) is 8.10. The quantitative estimate of drug-likeness (QED) is 0.793. The summed E-state index contributed by atoms with van der Waals surface area (Å²) in [7, 11) is -4.16. The van der Waals surface area contributed by atoms with E-state index in [4.69, 9.17) is 9.05 Å². The van der Waals surface area contributed by atoms with Crippen LogP contribution in [-0.4, -0.2) is 24.2 Å². The van der Waals surface area contributed by atoms with Gasteiger partial charge >= 0.3 is 7.60 Å². The number of nitrogens with zero attached hydrogens (tertiary/aromatic N) is 1. The minimum absolute atomic E-state index is 0.0420. The molecule has 0 radical (unpaired) electrons. The maximum Gasteiger partial charge on any atom is 0.376 e. The van der Waals surface area contributed by atoms with Crippen molar-refractivity contribution in [3.05, 3.63) is 60.2 Å². The highest BCUT2D eigenvalue weighted by Crippen LogP contribution is 2.68. The molecule has 1 aliphatic heterocycles. The highest BCUT2D eigenvalue weighted by molar-refractivity contribution is 7.56. The van der Waals surface area contributed by atoms with Gasteiger partial charge in [0.1, 0.15) is 0 Å². The molecule has 1 amide bonds. The number of hydrogen-bond acceptors (Lipinski definition) is 5. The molecular formula is C18H20NO5P. The standard InChI is InChI=1S/C18H20NO5P/c1-3-23-25(22,24-4-2)18(21)15-12-8-9-13-16(15)19(17(18)20)14-10-6-5-7-11-14/h5-13,21H,3-4H2,1-2H3. The summed E-state index contributed by atoms with van der Waals surface area (Å²) in [6.07, 6.45) is 0. The number of hydrogen-bond donors (Lipinski definition) is 1. The van der Waals surface area contributed by atoms with E-state index in [0.29, 0.717) is 11.4 Å². The van der Waals surface area contributed by atoms with Crippen LogP contribution in [0.4, 0.5) is 11.4 Å². The lowest BCUT2D eigenvalue weighted by molar-refractivity contribution is -0.129. The van der Waals surface area contributed by atoms with Crippen LogP contribution in [0.1, 0.15) is 19.4 Å². The van der Waals surface area contributed by atoms with Crippen molar-refractivity contribution < 1.29 is 23.5 Å². The maximum absolute atomic E-state index is 13.3. The van der Waals surface area contributed by atoms with Gasteiger partial charge in [-0.15, -0.1) is 0 Å². The monoisotopic (exact) mass is 361 g/mol. The highest BCUT2D eigenvalue weighted by atomic mass is 31.2. The van der Waals surface area contributed by atoms with Gasteiger partial charge in [0.05, 0.1) is 18.9 Å². The number of amides is 1. The van der Waals surface area contributed by atoms with Crippen LogP contribution in [0, 0.1) is 0 Å². The van der Waals surface area contributed by atoms with Gasteiger partial charge in [-0.05, 0) is 32.0 Å². The SMILES string of the molecule is CCOP(=O)(OCC)C1(O)C(=O)N(c2ccccc2)c2ccccc21. The Bertz CT molecular complexity index is 815. The molecule has 1 N–H and O–H groups in total. The molecule has 2 aromatic rings. The Morgan fingerprint density at radius 3 is 2.16 bits per heavy atom. The Labute approximate surface area is 146 Å². The topological polar surface area (TPSA) is 76.1 Å². The average Bonchev–Trinajstić information content (AvgIpc) is 2.86. The number of rotatable bonds is 6. The predicted molar refractivity (Wildman–Crippen MR) is 94.8 cm³/mol. The van der Waals surface area contributed by atoms with E-state index in [2.05, 4.69) is 0 Å². The van der Waals surface area contributed by atoms with Crippen LogP contribution in [0.2, 0.25) is 0 Å². The van der Waals surface area contributed by atoms with E-state index < -0.39 is 18.8 Å². The normalized spacial score (nSPS) is 20.0. The van der Waals surface area contributed by atoms with Crippen LogP contribution in [0.25, 0.3) is 0 Å². The number of anilines is 2. The lowest BCUT2D eigenvalue weighted by Gasteiger charge is -2.30. The summed E-state index contributed by atoms with van der Waals surface area (Å²) in [5.74, 6) is -0.745. The predicted octanol–water partition coefficient (Wildman–Crippen LogP) is 3.78. The van der Waals surface area contributed by atoms with E-state index in [1.54, 1.807) is 62.4 Å². The van der Waals surface area contributed by atoms with E-state index in [-0.39, 0.29) is 18.8 Å². The lowest BCUT2D eigenvalue weighted by atomic mass is 10.1. The van der Waals surface area contributed by atoms with Crippen molar-refractivity contribution in [3.63, 3.8) is 0 Å². The molecule has 1 unspecified atom stereocenters. The number of benzene rings is 2. The van der Waals surface area contributed by atoms with E-state index in [0.717, 1.165) is 0 Å². The molecule has 0 saturated carbocycles. The first kappa shape index (κ1) is 17.8. The molecule has 0 fully saturated rings. The number of carbonyl (C=O) groups excluding carboxylic acids is 1. The van der Waals surface area contributed by atoms with Gasteiger partial charge in [0.25, 0.3) is 11.2 Å². The molecule has 3 rings (SSSR count). The van der Waals surface area contributed by atoms with Crippen LogP contribution < -0.4 is 4.90 Å². The third-order valence-electron chi connectivity index (χ3n) is 4.03. The van der Waals surface area contributed by atoms with E-state index in [9.17, 15) is 14.5 Å². The van der Waals surface area contributed by atoms with Gasteiger partial charge in [-0.25, -0.2) is 0 Å². The molecule has 0 spiro atoms. The highest BCUT2D eigenvalue weighted by Gasteiger charge is 2.64. The van der Waals surface area contributed by atoms with E-state index in [1.807, 2.05) is 6.07 Å². The zero-order valence-electron chi connectivity index (χ0n) is 14.1. The summed E-state index contributed by atoms with van der Waals surface area (Å²) in [5, 5.41) is 8.94. The first-order valence-corrected chi connectivity index (χ1v) is 9.64. The summed E-state index contributed by atoms with van der Waals surface area (Å²) in [6.45, 7) is 3.35. The van der Waals surface area contributed by atoms with Crippen molar-refractivity contribution in [2.75, 3.05) is 18.1 Å². The third-order valence-corrected chi connectivity index (χ3v) is 6.45. The second-order valence-electron chi connectivity index (χ2n) is 5.50. The molecule has 0 aliphatic carbocycles. The molecular weight excluding hydrogens is 341 g/mol. The molecule has 1 aliphatic rings. The Morgan fingerprint density at radius 1 is 1.00 bits per heavy atom. The van der Waals surface area contributed by atoms with Gasteiger partial charge in [0.15, 0.2) is 0 Å². The molecule has 0 bridgehead atoms. The molecule has 7 heteroatoms. The zero-order valence-corrected chi connectivity index (χ0v) is 15.0. The molecule has 2 aromatic carbocycles. The van der Waals surface area contributed by atoms with Crippen LogP contribution in [0.3, 0.4) is 0 Å². The number of aliphatic hydroxyl groups is 1. The molecule has 0 aromatic heterocycles. The molecule has 25 heavy (non-hydrogen) atoms. The van der Waals surface area contributed by atoms with Crippen molar-refractivity contribution in [2.45, 2.75) is 19.2 Å². The average molecular weight is 361 g/mol. The minimum Gasteiger partial charge on any atom is -0.366 e. The van der Waals surface area contributed by atoms with Crippen molar-refractivity contribution >= 4 is 24.9 Å².